The van der Waals surface area contributed by atoms with Crippen LogP contribution in [0.2, 0.25) is 0 Å². The van der Waals surface area contributed by atoms with Crippen LogP contribution in [0.15, 0.2) is 84.9 Å². The Labute approximate surface area is 187 Å². The van der Waals surface area contributed by atoms with E-state index in [0.29, 0.717) is 22.3 Å². The predicted octanol–water partition coefficient (Wildman–Crippen LogP) is 6.39. The largest absolute Gasteiger partial charge is 0.457 e. The van der Waals surface area contributed by atoms with Crippen molar-refractivity contribution < 1.29 is 27.5 Å². The molecule has 4 aromatic rings. The summed E-state index contributed by atoms with van der Waals surface area (Å²) in [4.78, 5) is 23.5. The van der Waals surface area contributed by atoms with Crippen LogP contribution < -0.4 is 10.1 Å². The number of nitrogens with one attached hydrogen (secondary N) is 1. The van der Waals surface area contributed by atoms with Crippen molar-refractivity contribution in [2.24, 2.45) is 0 Å². The summed E-state index contributed by atoms with van der Waals surface area (Å²) in [6, 6.07) is 21.8. The molecule has 4 nitrogen and oxygen atoms in total. The quantitative estimate of drug-likeness (QED) is 0.347. The number of carbonyl (C=O) groups excluding carboxylic acids is 2. The molecule has 1 N–H and O–H groups in total. The van der Waals surface area contributed by atoms with E-state index in [4.69, 9.17) is 4.74 Å². The van der Waals surface area contributed by atoms with E-state index in [1.807, 2.05) is 12.1 Å². The summed E-state index contributed by atoms with van der Waals surface area (Å²) in [5.74, 6) is 0.460. The van der Waals surface area contributed by atoms with Gasteiger partial charge in [0.05, 0.1) is 5.56 Å². The average molecular weight is 449 g/mol. The van der Waals surface area contributed by atoms with Gasteiger partial charge in [-0.2, -0.15) is 13.2 Å². The van der Waals surface area contributed by atoms with Gasteiger partial charge in [-0.1, -0.05) is 30.3 Å². The van der Waals surface area contributed by atoms with E-state index in [1.54, 1.807) is 48.5 Å². The van der Waals surface area contributed by atoms with Crippen LogP contribution in [0, 0.1) is 0 Å². The third-order valence-corrected chi connectivity index (χ3v) is 5.05. The maximum Gasteiger partial charge on any atom is 0.416 e. The Morgan fingerprint density at radius 1 is 0.909 bits per heavy atom. The molecule has 0 aliphatic carbocycles. The minimum Gasteiger partial charge on any atom is -0.457 e. The standard InChI is InChI=1S/C26H18F3NO3/c27-26(28,29)21-8-10-22(11-9-21)33-24-6-2-5-19-14-20(7-12-23(19)24)25(32)30-15-17-3-1-4-18(13-17)16-31/h1-14,16H,15H2,(H,30,32). The van der Waals surface area contributed by atoms with Crippen molar-refractivity contribution in [2.75, 3.05) is 0 Å². The van der Waals surface area contributed by atoms with Crippen LogP contribution in [0.5, 0.6) is 11.5 Å². The lowest BCUT2D eigenvalue weighted by atomic mass is 10.1. The fourth-order valence-electron chi connectivity index (χ4n) is 3.38. The van der Waals surface area contributed by atoms with Gasteiger partial charge >= 0.3 is 6.18 Å². The summed E-state index contributed by atoms with van der Waals surface area (Å²) < 4.78 is 44.1. The van der Waals surface area contributed by atoms with E-state index in [0.717, 1.165) is 29.4 Å². The number of alkyl halides is 3. The molecule has 0 fully saturated rings. The topological polar surface area (TPSA) is 55.4 Å². The van der Waals surface area contributed by atoms with Gasteiger partial charge in [-0.05, 0) is 65.5 Å². The highest BCUT2D eigenvalue weighted by Gasteiger charge is 2.30. The summed E-state index contributed by atoms with van der Waals surface area (Å²) >= 11 is 0. The molecule has 0 spiro atoms. The summed E-state index contributed by atoms with van der Waals surface area (Å²) in [6.07, 6.45) is -3.66. The van der Waals surface area contributed by atoms with Crippen molar-refractivity contribution in [3.05, 3.63) is 107 Å². The zero-order valence-corrected chi connectivity index (χ0v) is 17.2. The first-order valence-corrected chi connectivity index (χ1v) is 10.0. The van der Waals surface area contributed by atoms with Gasteiger partial charge in [0.15, 0.2) is 0 Å². The number of amides is 1. The molecule has 0 aliphatic rings. The molecule has 4 aromatic carbocycles. The number of halogens is 3. The summed E-state index contributed by atoms with van der Waals surface area (Å²) in [7, 11) is 0. The maximum atomic E-state index is 12.8. The first-order valence-electron chi connectivity index (χ1n) is 10.0. The van der Waals surface area contributed by atoms with E-state index < -0.39 is 11.7 Å². The van der Waals surface area contributed by atoms with Crippen molar-refractivity contribution in [1.29, 1.82) is 0 Å². The zero-order valence-electron chi connectivity index (χ0n) is 17.2. The normalized spacial score (nSPS) is 11.2. The minimum atomic E-state index is -4.41. The molecule has 0 atom stereocenters. The third kappa shape index (κ3) is 5.20. The molecule has 0 unspecified atom stereocenters. The van der Waals surface area contributed by atoms with Gasteiger partial charge < -0.3 is 10.1 Å². The zero-order chi connectivity index (χ0) is 23.4. The lowest BCUT2D eigenvalue weighted by Crippen LogP contribution is -2.22. The molecule has 0 radical (unpaired) electrons. The van der Waals surface area contributed by atoms with Crippen LogP contribution in [-0.4, -0.2) is 12.2 Å². The van der Waals surface area contributed by atoms with Crippen molar-refractivity contribution in [3.8, 4) is 11.5 Å². The van der Waals surface area contributed by atoms with E-state index >= 15 is 0 Å². The summed E-state index contributed by atoms with van der Waals surface area (Å²) in [5.41, 5.74) is 1.04. The first kappa shape index (κ1) is 22.1. The van der Waals surface area contributed by atoms with Crippen molar-refractivity contribution in [3.63, 3.8) is 0 Å². The Kier molecular flexibility index (Phi) is 6.13. The Hall–Kier alpha value is -4.13. The fourth-order valence-corrected chi connectivity index (χ4v) is 3.38. The van der Waals surface area contributed by atoms with Crippen LogP contribution in [0.4, 0.5) is 13.2 Å². The van der Waals surface area contributed by atoms with E-state index in [2.05, 4.69) is 5.32 Å². The second-order valence-corrected chi connectivity index (χ2v) is 7.36. The van der Waals surface area contributed by atoms with Gasteiger partial charge in [0.1, 0.15) is 17.8 Å². The van der Waals surface area contributed by atoms with Gasteiger partial charge in [0.25, 0.3) is 5.91 Å². The summed E-state index contributed by atoms with van der Waals surface area (Å²) in [6.45, 7) is 0.273. The first-order chi connectivity index (χ1) is 15.8. The molecular weight excluding hydrogens is 431 g/mol. The number of ether oxygens (including phenoxy) is 1. The van der Waals surface area contributed by atoms with E-state index in [9.17, 15) is 22.8 Å². The Balaban J connectivity index is 1.50. The minimum absolute atomic E-state index is 0.273. The van der Waals surface area contributed by atoms with Crippen molar-refractivity contribution in [2.45, 2.75) is 12.7 Å². The van der Waals surface area contributed by atoms with E-state index in [1.165, 1.54) is 12.1 Å². The second-order valence-electron chi connectivity index (χ2n) is 7.36. The number of hydrogen-bond donors (Lipinski definition) is 1. The Morgan fingerprint density at radius 3 is 2.39 bits per heavy atom. The molecule has 7 heteroatoms. The highest BCUT2D eigenvalue weighted by Crippen LogP contribution is 2.33. The van der Waals surface area contributed by atoms with Gasteiger partial charge in [-0.3, -0.25) is 9.59 Å². The number of aldehydes is 1. The Morgan fingerprint density at radius 2 is 1.67 bits per heavy atom. The molecule has 0 aliphatic heterocycles. The summed E-state index contributed by atoms with van der Waals surface area (Å²) in [5, 5.41) is 4.29. The lowest BCUT2D eigenvalue weighted by molar-refractivity contribution is -0.137. The van der Waals surface area contributed by atoms with Crippen molar-refractivity contribution in [1.82, 2.24) is 5.32 Å². The van der Waals surface area contributed by atoms with Gasteiger partial charge in [-0.15, -0.1) is 0 Å². The Bertz CT molecular complexity index is 1310. The molecule has 0 aromatic heterocycles. The number of benzene rings is 4. The van der Waals surface area contributed by atoms with Gasteiger partial charge in [0.2, 0.25) is 0 Å². The molecule has 33 heavy (non-hydrogen) atoms. The van der Waals surface area contributed by atoms with Crippen LogP contribution in [0.1, 0.15) is 31.8 Å². The number of carbonyl (C=O) groups is 2. The van der Waals surface area contributed by atoms with Gasteiger partial charge in [0, 0.05) is 23.1 Å². The number of hydrogen-bond acceptors (Lipinski definition) is 3. The third-order valence-electron chi connectivity index (χ3n) is 5.05. The molecular formula is C26H18F3NO3. The van der Waals surface area contributed by atoms with Crippen LogP contribution in [0.3, 0.4) is 0 Å². The molecule has 0 saturated carbocycles. The van der Waals surface area contributed by atoms with Crippen LogP contribution >= 0.6 is 0 Å². The average Bonchev–Trinajstić information content (AvgIpc) is 2.82. The smallest absolute Gasteiger partial charge is 0.416 e. The molecule has 0 bridgehead atoms. The number of fused-ring (bicyclic) bond motifs is 1. The van der Waals surface area contributed by atoms with Crippen LogP contribution in [-0.2, 0) is 12.7 Å². The fraction of sp³-hybridized carbons (Fsp3) is 0.0769. The van der Waals surface area contributed by atoms with E-state index in [-0.39, 0.29) is 18.2 Å². The molecule has 4 rings (SSSR count). The molecule has 0 heterocycles. The lowest BCUT2D eigenvalue weighted by Gasteiger charge is -2.12. The second kappa shape index (κ2) is 9.16. The monoisotopic (exact) mass is 449 g/mol. The molecule has 1 amide bonds. The number of rotatable bonds is 6. The highest BCUT2D eigenvalue weighted by atomic mass is 19.4. The maximum absolute atomic E-state index is 12.8. The van der Waals surface area contributed by atoms with Crippen LogP contribution in [0.25, 0.3) is 10.8 Å². The predicted molar refractivity (Wildman–Crippen MR) is 118 cm³/mol. The van der Waals surface area contributed by atoms with Crippen molar-refractivity contribution >= 4 is 23.0 Å². The molecule has 166 valence electrons. The highest BCUT2D eigenvalue weighted by molar-refractivity contribution is 6.00. The van der Waals surface area contributed by atoms with Gasteiger partial charge in [-0.25, -0.2) is 0 Å². The SMILES string of the molecule is O=Cc1cccc(CNC(=O)c2ccc3c(Oc4ccc(C(F)(F)F)cc4)cccc3c2)c1. The molecule has 0 saturated heterocycles.